The molecule has 0 aliphatic heterocycles. The molecule has 2 N–H and O–H groups in total. The first-order valence-electron chi connectivity index (χ1n) is 7.12. The number of hydrogen-bond acceptors (Lipinski definition) is 3. The van der Waals surface area contributed by atoms with Crippen LogP contribution in [0.25, 0.3) is 22.3 Å². The maximum Gasteiger partial charge on any atom is 0.0992 e. The molecule has 3 nitrogen and oxygen atoms in total. The maximum absolute atomic E-state index is 9.18. The zero-order valence-electron chi connectivity index (χ0n) is 12.3. The SMILES string of the molecule is N#Cc1cc(C#N)cc(-c2ccccc2-c2ccccc2N)c1. The molecule has 0 atom stereocenters. The Bertz CT molecular complexity index is 927. The largest absolute Gasteiger partial charge is 0.398 e. The Labute approximate surface area is 134 Å². The molecule has 3 aromatic rings. The Morgan fingerprint density at radius 1 is 0.652 bits per heavy atom. The highest BCUT2D eigenvalue weighted by molar-refractivity contribution is 5.89. The third kappa shape index (κ3) is 2.77. The third-order valence-corrected chi connectivity index (χ3v) is 3.68. The topological polar surface area (TPSA) is 73.6 Å². The Kier molecular flexibility index (Phi) is 3.78. The fourth-order valence-electron chi connectivity index (χ4n) is 2.62. The van der Waals surface area contributed by atoms with Crippen molar-refractivity contribution in [2.24, 2.45) is 0 Å². The van der Waals surface area contributed by atoms with Crippen LogP contribution in [0.2, 0.25) is 0 Å². The van der Waals surface area contributed by atoms with Crippen LogP contribution in [0.4, 0.5) is 5.69 Å². The van der Waals surface area contributed by atoms with E-state index in [1.807, 2.05) is 48.5 Å². The van der Waals surface area contributed by atoms with E-state index < -0.39 is 0 Å². The van der Waals surface area contributed by atoms with Crippen LogP contribution in [-0.4, -0.2) is 0 Å². The number of nitrogens with two attached hydrogens (primary N) is 1. The van der Waals surface area contributed by atoms with E-state index in [4.69, 9.17) is 5.73 Å². The summed E-state index contributed by atoms with van der Waals surface area (Å²) < 4.78 is 0. The van der Waals surface area contributed by atoms with Gasteiger partial charge >= 0.3 is 0 Å². The number of nitrogen functional groups attached to an aromatic ring is 1. The number of anilines is 1. The molecule has 0 unspecified atom stereocenters. The van der Waals surface area contributed by atoms with Crippen LogP contribution in [-0.2, 0) is 0 Å². The van der Waals surface area contributed by atoms with Gasteiger partial charge in [0.2, 0.25) is 0 Å². The van der Waals surface area contributed by atoms with Gasteiger partial charge in [-0.3, -0.25) is 0 Å². The predicted octanol–water partition coefficient (Wildman–Crippen LogP) is 4.35. The standard InChI is InChI=1S/C20H13N3/c21-12-14-9-15(13-22)11-16(10-14)17-5-1-2-6-18(17)19-7-3-4-8-20(19)23/h1-11H,23H2. The van der Waals surface area contributed by atoms with Gasteiger partial charge in [0.1, 0.15) is 0 Å². The van der Waals surface area contributed by atoms with Gasteiger partial charge in [0, 0.05) is 11.3 Å². The summed E-state index contributed by atoms with van der Waals surface area (Å²) in [6, 6.07) is 24.9. The summed E-state index contributed by atoms with van der Waals surface area (Å²) >= 11 is 0. The summed E-state index contributed by atoms with van der Waals surface area (Å²) in [6.45, 7) is 0. The Balaban J connectivity index is 2.26. The fourth-order valence-corrected chi connectivity index (χ4v) is 2.62. The minimum absolute atomic E-state index is 0.467. The van der Waals surface area contributed by atoms with Gasteiger partial charge in [0.15, 0.2) is 0 Å². The molecular weight excluding hydrogens is 282 g/mol. The van der Waals surface area contributed by atoms with Crippen LogP contribution in [0.1, 0.15) is 11.1 Å². The van der Waals surface area contributed by atoms with Crippen molar-refractivity contribution in [1.82, 2.24) is 0 Å². The summed E-state index contributed by atoms with van der Waals surface area (Å²) in [7, 11) is 0. The normalized spacial score (nSPS) is 9.83. The van der Waals surface area contributed by atoms with E-state index in [1.165, 1.54) is 0 Å². The van der Waals surface area contributed by atoms with Gasteiger partial charge in [-0.05, 0) is 41.0 Å². The number of para-hydroxylation sites is 1. The average molecular weight is 295 g/mol. The van der Waals surface area contributed by atoms with Crippen LogP contribution in [0.15, 0.2) is 66.7 Å². The van der Waals surface area contributed by atoms with Crippen LogP contribution in [0.5, 0.6) is 0 Å². The molecule has 0 spiro atoms. The first-order chi connectivity index (χ1) is 11.2. The second-order valence-corrected chi connectivity index (χ2v) is 5.16. The fraction of sp³-hybridized carbons (Fsp3) is 0. The first kappa shape index (κ1) is 14.4. The third-order valence-electron chi connectivity index (χ3n) is 3.68. The molecule has 0 heterocycles. The molecule has 0 radical (unpaired) electrons. The molecule has 108 valence electrons. The van der Waals surface area contributed by atoms with E-state index >= 15 is 0 Å². The zero-order chi connectivity index (χ0) is 16.2. The second kappa shape index (κ2) is 6.05. The quantitative estimate of drug-likeness (QED) is 0.714. The summed E-state index contributed by atoms with van der Waals surface area (Å²) in [5.74, 6) is 0. The minimum Gasteiger partial charge on any atom is -0.398 e. The summed E-state index contributed by atoms with van der Waals surface area (Å²) in [6.07, 6.45) is 0. The van der Waals surface area contributed by atoms with Gasteiger partial charge in [0.25, 0.3) is 0 Å². The van der Waals surface area contributed by atoms with Crippen molar-refractivity contribution in [2.75, 3.05) is 5.73 Å². The molecule has 3 aromatic carbocycles. The summed E-state index contributed by atoms with van der Waals surface area (Å²) in [4.78, 5) is 0. The van der Waals surface area contributed by atoms with E-state index in [9.17, 15) is 10.5 Å². The van der Waals surface area contributed by atoms with Crippen LogP contribution < -0.4 is 5.73 Å². The molecule has 0 aliphatic rings. The van der Waals surface area contributed by atoms with Crippen molar-refractivity contribution in [3.8, 4) is 34.4 Å². The number of hydrogen-bond donors (Lipinski definition) is 1. The first-order valence-corrected chi connectivity index (χ1v) is 7.12. The van der Waals surface area contributed by atoms with Crippen molar-refractivity contribution < 1.29 is 0 Å². The summed E-state index contributed by atoms with van der Waals surface area (Å²) in [5.41, 5.74) is 11.4. The van der Waals surface area contributed by atoms with Gasteiger partial charge in [0.05, 0.1) is 23.3 Å². The van der Waals surface area contributed by atoms with Crippen molar-refractivity contribution in [2.45, 2.75) is 0 Å². The maximum atomic E-state index is 9.18. The van der Waals surface area contributed by atoms with E-state index in [0.29, 0.717) is 16.8 Å². The number of nitrogens with zero attached hydrogens (tertiary/aromatic N) is 2. The van der Waals surface area contributed by atoms with Gasteiger partial charge in [-0.25, -0.2) is 0 Å². The Hall–Kier alpha value is -3.56. The van der Waals surface area contributed by atoms with E-state index in [0.717, 1.165) is 22.3 Å². The molecule has 3 rings (SSSR count). The van der Waals surface area contributed by atoms with Gasteiger partial charge in [-0.15, -0.1) is 0 Å². The molecule has 0 saturated carbocycles. The highest BCUT2D eigenvalue weighted by atomic mass is 14.6. The Morgan fingerprint density at radius 3 is 1.74 bits per heavy atom. The Morgan fingerprint density at radius 2 is 1.17 bits per heavy atom. The van der Waals surface area contributed by atoms with Gasteiger partial charge in [-0.1, -0.05) is 42.5 Å². The van der Waals surface area contributed by atoms with Crippen molar-refractivity contribution in [3.63, 3.8) is 0 Å². The van der Waals surface area contributed by atoms with Crippen molar-refractivity contribution >= 4 is 5.69 Å². The van der Waals surface area contributed by atoms with Crippen LogP contribution >= 0.6 is 0 Å². The number of benzene rings is 3. The minimum atomic E-state index is 0.467. The molecule has 0 fully saturated rings. The van der Waals surface area contributed by atoms with Crippen LogP contribution in [0.3, 0.4) is 0 Å². The molecule has 0 saturated heterocycles. The van der Waals surface area contributed by atoms with E-state index in [2.05, 4.69) is 12.1 Å². The van der Waals surface area contributed by atoms with Gasteiger partial charge < -0.3 is 5.73 Å². The van der Waals surface area contributed by atoms with E-state index in [1.54, 1.807) is 18.2 Å². The monoisotopic (exact) mass is 295 g/mol. The molecule has 0 aromatic heterocycles. The smallest absolute Gasteiger partial charge is 0.0992 e. The lowest BCUT2D eigenvalue weighted by Crippen LogP contribution is -1.92. The van der Waals surface area contributed by atoms with E-state index in [-0.39, 0.29) is 0 Å². The average Bonchev–Trinajstić information content (AvgIpc) is 2.61. The lowest BCUT2D eigenvalue weighted by Gasteiger charge is -2.12. The van der Waals surface area contributed by atoms with Gasteiger partial charge in [-0.2, -0.15) is 10.5 Å². The highest BCUT2D eigenvalue weighted by Crippen LogP contribution is 2.35. The van der Waals surface area contributed by atoms with Crippen molar-refractivity contribution in [1.29, 1.82) is 10.5 Å². The van der Waals surface area contributed by atoms with Crippen LogP contribution in [0, 0.1) is 22.7 Å². The summed E-state index contributed by atoms with van der Waals surface area (Å²) in [5, 5.41) is 18.4. The predicted molar refractivity (Wildman–Crippen MR) is 91.2 cm³/mol. The highest BCUT2D eigenvalue weighted by Gasteiger charge is 2.11. The lowest BCUT2D eigenvalue weighted by atomic mass is 9.92. The second-order valence-electron chi connectivity index (χ2n) is 5.16. The lowest BCUT2D eigenvalue weighted by molar-refractivity contribution is 1.44. The molecule has 3 heteroatoms. The zero-order valence-corrected chi connectivity index (χ0v) is 12.3. The molecular formula is C20H13N3. The molecule has 0 aliphatic carbocycles. The molecule has 23 heavy (non-hydrogen) atoms. The number of nitriles is 2. The molecule has 0 amide bonds. The number of rotatable bonds is 2. The molecule has 0 bridgehead atoms. The van der Waals surface area contributed by atoms with Crippen molar-refractivity contribution in [3.05, 3.63) is 77.9 Å².